The Kier molecular flexibility index (Phi) is 7.74. The quantitative estimate of drug-likeness (QED) is 0.518. The van der Waals surface area contributed by atoms with E-state index in [0.29, 0.717) is 27.9 Å². The van der Waals surface area contributed by atoms with E-state index in [4.69, 9.17) is 0 Å². The van der Waals surface area contributed by atoms with E-state index < -0.39 is 29.2 Å². The van der Waals surface area contributed by atoms with Crippen LogP contribution in [0, 0.1) is 13.8 Å². The largest absolute Gasteiger partial charge is 0.480 e. The average Bonchev–Trinajstić information content (AvgIpc) is 2.82. The molecule has 0 unspecified atom stereocenters. The lowest BCUT2D eigenvalue weighted by molar-refractivity contribution is -0.139. The van der Waals surface area contributed by atoms with Gasteiger partial charge in [-0.25, -0.2) is 9.59 Å². The molecule has 1 aromatic heterocycles. The van der Waals surface area contributed by atoms with Crippen LogP contribution in [0.3, 0.4) is 0 Å². The molecule has 2 N–H and O–H groups in total. The number of aryl methyl sites for hydroxylation is 2. The van der Waals surface area contributed by atoms with Gasteiger partial charge in [-0.15, -0.1) is 0 Å². The lowest BCUT2D eigenvalue weighted by Gasteiger charge is -2.18. The number of rotatable bonds is 8. The zero-order valence-electron chi connectivity index (χ0n) is 20.7. The van der Waals surface area contributed by atoms with Crippen LogP contribution in [0.2, 0.25) is 0 Å². The number of amides is 1. The fourth-order valence-corrected chi connectivity index (χ4v) is 4.28. The SMILES string of the molecule is CCCc1cccc(C)c1C(=O)N[C@@H](Cc1ccc(-c2c(C)n(C)c(=O)n(C)c2=O)cc1)C(=O)O. The minimum absolute atomic E-state index is 0.0839. The average molecular weight is 478 g/mol. The van der Waals surface area contributed by atoms with Gasteiger partial charge >= 0.3 is 11.7 Å². The van der Waals surface area contributed by atoms with Crippen LogP contribution in [-0.4, -0.2) is 32.2 Å². The lowest BCUT2D eigenvalue weighted by atomic mass is 9.97. The van der Waals surface area contributed by atoms with Gasteiger partial charge in [0.15, 0.2) is 0 Å². The van der Waals surface area contributed by atoms with Crippen LogP contribution in [0.15, 0.2) is 52.1 Å². The zero-order chi connectivity index (χ0) is 25.9. The van der Waals surface area contributed by atoms with Crippen molar-refractivity contribution in [2.75, 3.05) is 0 Å². The summed E-state index contributed by atoms with van der Waals surface area (Å²) in [5, 5.41) is 12.5. The highest BCUT2D eigenvalue weighted by molar-refractivity contribution is 5.99. The number of aliphatic carboxylic acids is 1. The van der Waals surface area contributed by atoms with E-state index in [0.717, 1.165) is 28.5 Å². The van der Waals surface area contributed by atoms with Gasteiger partial charge in [0.2, 0.25) is 0 Å². The molecule has 1 heterocycles. The molecule has 1 amide bonds. The van der Waals surface area contributed by atoms with Crippen molar-refractivity contribution in [3.8, 4) is 11.1 Å². The molecular formula is C27H31N3O5. The molecule has 0 aliphatic rings. The molecule has 8 heteroatoms. The minimum Gasteiger partial charge on any atom is -0.480 e. The van der Waals surface area contributed by atoms with Crippen molar-refractivity contribution >= 4 is 11.9 Å². The van der Waals surface area contributed by atoms with Crippen molar-refractivity contribution in [3.63, 3.8) is 0 Å². The number of hydrogen-bond donors (Lipinski definition) is 2. The molecule has 0 aliphatic heterocycles. The zero-order valence-corrected chi connectivity index (χ0v) is 20.7. The maximum Gasteiger partial charge on any atom is 0.330 e. The van der Waals surface area contributed by atoms with Gasteiger partial charge in [0.25, 0.3) is 11.5 Å². The highest BCUT2D eigenvalue weighted by atomic mass is 16.4. The molecule has 3 rings (SSSR count). The molecule has 0 saturated heterocycles. The first-order chi connectivity index (χ1) is 16.6. The van der Waals surface area contributed by atoms with Gasteiger partial charge in [-0.2, -0.15) is 0 Å². The summed E-state index contributed by atoms with van der Waals surface area (Å²) < 4.78 is 2.48. The monoisotopic (exact) mass is 477 g/mol. The van der Waals surface area contributed by atoms with Crippen LogP contribution in [-0.2, 0) is 31.7 Å². The van der Waals surface area contributed by atoms with Crippen LogP contribution in [0.25, 0.3) is 11.1 Å². The molecule has 0 bridgehead atoms. The molecule has 3 aromatic rings. The number of hydrogen-bond acceptors (Lipinski definition) is 4. The Morgan fingerprint density at radius 1 is 1.00 bits per heavy atom. The second kappa shape index (κ2) is 10.5. The third-order valence-electron chi connectivity index (χ3n) is 6.35. The highest BCUT2D eigenvalue weighted by Crippen LogP contribution is 2.20. The molecule has 184 valence electrons. The number of carboxylic acid groups (broad SMARTS) is 1. The number of nitrogens with one attached hydrogen (secondary N) is 1. The summed E-state index contributed by atoms with van der Waals surface area (Å²) in [6.45, 7) is 5.58. The van der Waals surface area contributed by atoms with Crippen molar-refractivity contribution < 1.29 is 14.7 Å². The first-order valence-electron chi connectivity index (χ1n) is 11.5. The Morgan fingerprint density at radius 2 is 1.66 bits per heavy atom. The van der Waals surface area contributed by atoms with E-state index in [1.807, 2.05) is 32.0 Å². The van der Waals surface area contributed by atoms with Gasteiger partial charge in [0.05, 0.1) is 5.56 Å². The number of benzene rings is 2. The van der Waals surface area contributed by atoms with E-state index in [2.05, 4.69) is 5.32 Å². The first kappa shape index (κ1) is 25.7. The Labute approximate surface area is 203 Å². The van der Waals surface area contributed by atoms with Crippen LogP contribution in [0.1, 0.15) is 46.1 Å². The van der Waals surface area contributed by atoms with E-state index in [-0.39, 0.29) is 6.42 Å². The van der Waals surface area contributed by atoms with E-state index in [1.165, 1.54) is 11.6 Å². The van der Waals surface area contributed by atoms with Crippen molar-refractivity contribution in [1.29, 1.82) is 0 Å². The Balaban J connectivity index is 1.86. The number of nitrogens with zero attached hydrogens (tertiary/aromatic N) is 2. The molecule has 8 nitrogen and oxygen atoms in total. The Bertz CT molecular complexity index is 1380. The number of carboxylic acids is 1. The van der Waals surface area contributed by atoms with Crippen molar-refractivity contribution in [1.82, 2.24) is 14.5 Å². The predicted molar refractivity (Wildman–Crippen MR) is 135 cm³/mol. The number of carbonyl (C=O) groups excluding carboxylic acids is 1. The van der Waals surface area contributed by atoms with Gasteiger partial charge in [-0.3, -0.25) is 14.2 Å². The topological polar surface area (TPSA) is 110 Å². The summed E-state index contributed by atoms with van der Waals surface area (Å²) in [5.74, 6) is -1.53. The van der Waals surface area contributed by atoms with Crippen LogP contribution in [0.4, 0.5) is 0 Å². The molecule has 0 saturated carbocycles. The fourth-order valence-electron chi connectivity index (χ4n) is 4.28. The Hall–Kier alpha value is -3.94. The predicted octanol–water partition coefficient (Wildman–Crippen LogP) is 2.75. The third kappa shape index (κ3) is 5.26. The van der Waals surface area contributed by atoms with Gasteiger partial charge in [-0.1, -0.05) is 55.8 Å². The van der Waals surface area contributed by atoms with Gasteiger partial charge < -0.3 is 15.0 Å². The van der Waals surface area contributed by atoms with Crippen LogP contribution in [0.5, 0.6) is 0 Å². The highest BCUT2D eigenvalue weighted by Gasteiger charge is 2.23. The maximum atomic E-state index is 13.0. The smallest absolute Gasteiger partial charge is 0.330 e. The normalized spacial score (nSPS) is 11.8. The second-order valence-corrected chi connectivity index (χ2v) is 8.79. The first-order valence-corrected chi connectivity index (χ1v) is 11.5. The molecular weight excluding hydrogens is 446 g/mol. The van der Waals surface area contributed by atoms with E-state index in [1.54, 1.807) is 38.2 Å². The molecule has 2 aromatic carbocycles. The summed E-state index contributed by atoms with van der Waals surface area (Å²) in [5.41, 5.74) is 3.70. The lowest BCUT2D eigenvalue weighted by Crippen LogP contribution is -2.42. The number of aromatic nitrogens is 2. The van der Waals surface area contributed by atoms with Gasteiger partial charge in [0.1, 0.15) is 6.04 Å². The summed E-state index contributed by atoms with van der Waals surface area (Å²) in [4.78, 5) is 49.8. The molecule has 0 spiro atoms. The second-order valence-electron chi connectivity index (χ2n) is 8.79. The van der Waals surface area contributed by atoms with Crippen molar-refractivity contribution in [2.45, 2.75) is 46.1 Å². The van der Waals surface area contributed by atoms with Crippen LogP contribution >= 0.6 is 0 Å². The summed E-state index contributed by atoms with van der Waals surface area (Å²) in [6.07, 6.45) is 1.69. The van der Waals surface area contributed by atoms with Crippen LogP contribution < -0.4 is 16.6 Å². The molecule has 1 atom stereocenters. The maximum absolute atomic E-state index is 13.0. The number of carbonyl (C=O) groups is 2. The Morgan fingerprint density at radius 3 is 2.26 bits per heavy atom. The van der Waals surface area contributed by atoms with E-state index in [9.17, 15) is 24.3 Å². The summed E-state index contributed by atoms with van der Waals surface area (Å²) in [6, 6.07) is 11.4. The fraction of sp³-hybridized carbons (Fsp3) is 0.333. The molecule has 35 heavy (non-hydrogen) atoms. The van der Waals surface area contributed by atoms with Crippen molar-refractivity contribution in [2.24, 2.45) is 14.1 Å². The van der Waals surface area contributed by atoms with Gasteiger partial charge in [0, 0.05) is 31.8 Å². The third-order valence-corrected chi connectivity index (χ3v) is 6.35. The van der Waals surface area contributed by atoms with E-state index >= 15 is 0 Å². The summed E-state index contributed by atoms with van der Waals surface area (Å²) in [7, 11) is 3.04. The molecule has 0 radical (unpaired) electrons. The molecule has 0 fully saturated rings. The van der Waals surface area contributed by atoms with Crippen molar-refractivity contribution in [3.05, 3.63) is 91.3 Å². The minimum atomic E-state index is -1.13. The molecule has 0 aliphatic carbocycles. The standard InChI is InChI=1S/C27H31N3O5/c1-6-8-19-10-7-9-16(2)22(19)24(31)28-21(26(33)34)15-18-11-13-20(14-12-18)23-17(3)29(4)27(35)30(5)25(23)32/h7,9-14,21H,6,8,15H2,1-5H3,(H,28,31)(H,33,34)/t21-/m0/s1. The van der Waals surface area contributed by atoms with Gasteiger partial charge in [-0.05, 0) is 42.5 Å². The summed E-state index contributed by atoms with van der Waals surface area (Å²) >= 11 is 0.